The number of allylic oxidation sites excluding steroid dienone is 1. The van der Waals surface area contributed by atoms with Gasteiger partial charge in [-0.2, -0.15) is 18.5 Å². The van der Waals surface area contributed by atoms with Gasteiger partial charge in [-0.05, 0) is 38.5 Å². The Morgan fingerprint density at radius 2 is 1.35 bits per heavy atom. The molecule has 1 atom stereocenters. The van der Waals surface area contributed by atoms with Gasteiger partial charge in [-0.3, -0.25) is 0 Å². The molecular formula is C27H52BLiOSi. The minimum absolute atomic E-state index is 0. The van der Waals surface area contributed by atoms with Crippen molar-refractivity contribution in [2.75, 3.05) is 6.61 Å². The zero-order valence-corrected chi connectivity index (χ0v) is 23.0. The van der Waals surface area contributed by atoms with Gasteiger partial charge in [0.05, 0.1) is 6.10 Å². The molecule has 0 aromatic rings. The van der Waals surface area contributed by atoms with Crippen LogP contribution in [0.15, 0.2) is 11.2 Å². The Labute approximate surface area is 208 Å². The van der Waals surface area contributed by atoms with Crippen LogP contribution in [0.5, 0.6) is 0 Å². The van der Waals surface area contributed by atoms with Crippen molar-refractivity contribution >= 4 is 14.2 Å². The molecule has 3 rings (SSSR count). The molecule has 1 unspecified atom stereocenters. The van der Waals surface area contributed by atoms with Gasteiger partial charge in [0.2, 0.25) is 0 Å². The summed E-state index contributed by atoms with van der Waals surface area (Å²) in [5.74, 6) is 2.02. The third kappa shape index (κ3) is 7.80. The number of ether oxygens (including phenoxy) is 1. The standard InChI is InChI=1S/C27H52BOSi.Li/c1-28(24-16-8-5-9-17-24,25-18-10-6-11-19-25)27(30(2,3)4)22-13-7-12-20-26-21-14-15-23-29-26;/h22,24-26H,5-21,23H2,1-4H3;/q-1;+1/b27-22-;. The van der Waals surface area contributed by atoms with Gasteiger partial charge in [0.1, 0.15) is 0 Å². The van der Waals surface area contributed by atoms with Crippen LogP contribution in [0.1, 0.15) is 109 Å². The van der Waals surface area contributed by atoms with Crippen LogP contribution in [0.4, 0.5) is 0 Å². The fourth-order valence-corrected chi connectivity index (χ4v) is 10.9. The van der Waals surface area contributed by atoms with Crippen molar-refractivity contribution in [1.82, 2.24) is 0 Å². The SMILES string of the molecule is C[B-](/C(=C/CCCCC1CCCCO1)[Si](C)(C)C)(C1CCCCC1)C1CCCCC1.[Li+]. The Balaban J connectivity index is 0.00000341. The topological polar surface area (TPSA) is 9.23 Å². The molecule has 1 heterocycles. The second kappa shape index (κ2) is 13.5. The number of hydrogen-bond donors (Lipinski definition) is 0. The van der Waals surface area contributed by atoms with E-state index in [-0.39, 0.29) is 25.0 Å². The molecule has 4 heteroatoms. The maximum absolute atomic E-state index is 5.97. The molecule has 0 bridgehead atoms. The average molecular weight is 439 g/mol. The van der Waals surface area contributed by atoms with E-state index in [0.717, 1.165) is 18.2 Å². The summed E-state index contributed by atoms with van der Waals surface area (Å²) in [6, 6.07) is 0. The van der Waals surface area contributed by atoms with Crippen LogP contribution < -0.4 is 18.9 Å². The van der Waals surface area contributed by atoms with E-state index in [9.17, 15) is 0 Å². The van der Waals surface area contributed by atoms with Crippen molar-refractivity contribution in [2.45, 2.75) is 153 Å². The molecule has 0 radical (unpaired) electrons. The second-order valence-electron chi connectivity index (χ2n) is 12.5. The Hall–Kier alpha value is 0.579. The molecule has 0 spiro atoms. The van der Waals surface area contributed by atoms with Crippen LogP contribution >= 0.6 is 0 Å². The van der Waals surface area contributed by atoms with Gasteiger partial charge in [0.25, 0.3) is 0 Å². The van der Waals surface area contributed by atoms with E-state index in [2.05, 4.69) is 32.5 Å². The van der Waals surface area contributed by atoms with Crippen LogP contribution in [-0.4, -0.2) is 26.9 Å². The smallest absolute Gasteiger partial charge is 0.378 e. The van der Waals surface area contributed by atoms with Gasteiger partial charge >= 0.3 is 18.9 Å². The summed E-state index contributed by atoms with van der Waals surface area (Å²) in [5, 5.41) is 2.02. The van der Waals surface area contributed by atoms with Crippen molar-refractivity contribution in [1.29, 1.82) is 0 Å². The molecule has 2 aliphatic carbocycles. The van der Waals surface area contributed by atoms with Crippen LogP contribution in [0, 0.1) is 0 Å². The van der Waals surface area contributed by atoms with E-state index in [4.69, 9.17) is 4.74 Å². The number of rotatable bonds is 9. The largest absolute Gasteiger partial charge is 1.00 e. The molecule has 0 amide bonds. The molecule has 2 saturated carbocycles. The third-order valence-electron chi connectivity index (χ3n) is 9.41. The molecular weight excluding hydrogens is 386 g/mol. The molecule has 0 aromatic carbocycles. The Kier molecular flexibility index (Phi) is 12.1. The van der Waals surface area contributed by atoms with Crippen LogP contribution in [0.2, 0.25) is 38.1 Å². The fourth-order valence-electron chi connectivity index (χ4n) is 7.85. The summed E-state index contributed by atoms with van der Waals surface area (Å²) in [6.45, 7) is 11.8. The summed E-state index contributed by atoms with van der Waals surface area (Å²) in [7, 11) is -1.32. The summed E-state index contributed by atoms with van der Waals surface area (Å²) in [6.07, 6.45) is 27.4. The van der Waals surface area contributed by atoms with E-state index >= 15 is 0 Å². The molecule has 3 fully saturated rings. The van der Waals surface area contributed by atoms with Gasteiger partial charge in [0.15, 0.2) is 0 Å². The third-order valence-corrected chi connectivity index (χ3v) is 12.0. The Morgan fingerprint density at radius 1 is 0.806 bits per heavy atom. The minimum Gasteiger partial charge on any atom is -0.378 e. The molecule has 1 nitrogen and oxygen atoms in total. The van der Waals surface area contributed by atoms with E-state index < -0.39 is 8.07 Å². The maximum Gasteiger partial charge on any atom is 1.00 e. The summed E-state index contributed by atoms with van der Waals surface area (Å²) < 4.78 is 5.97. The van der Waals surface area contributed by atoms with Gasteiger partial charge in [-0.25, -0.2) is 5.10 Å². The van der Waals surface area contributed by atoms with Crippen molar-refractivity contribution in [3.63, 3.8) is 0 Å². The number of unbranched alkanes of at least 4 members (excludes halogenated alkanes) is 2. The fraction of sp³-hybridized carbons (Fsp3) is 0.926. The van der Waals surface area contributed by atoms with Crippen molar-refractivity contribution in [3.05, 3.63) is 11.2 Å². The zero-order valence-electron chi connectivity index (χ0n) is 22.0. The number of hydrogen-bond acceptors (Lipinski definition) is 1. The molecule has 3 aliphatic rings. The van der Waals surface area contributed by atoms with Gasteiger partial charge in [0, 0.05) is 20.8 Å². The van der Waals surface area contributed by atoms with Crippen molar-refractivity contribution < 1.29 is 23.6 Å². The normalized spacial score (nSPS) is 25.3. The Bertz CT molecular complexity index is 508. The Morgan fingerprint density at radius 3 is 1.84 bits per heavy atom. The van der Waals surface area contributed by atoms with E-state index in [1.807, 2.05) is 5.10 Å². The summed E-state index contributed by atoms with van der Waals surface area (Å²) >= 11 is 0. The van der Waals surface area contributed by atoms with E-state index in [1.54, 1.807) is 0 Å². The predicted octanol–water partition coefficient (Wildman–Crippen LogP) is 6.21. The van der Waals surface area contributed by atoms with Gasteiger partial charge < -0.3 is 4.74 Å². The first-order valence-electron chi connectivity index (χ1n) is 14.0. The first-order chi connectivity index (χ1) is 14.4. The zero-order chi connectivity index (χ0) is 21.5. The quantitative estimate of drug-likeness (QED) is 0.307. The van der Waals surface area contributed by atoms with E-state index in [0.29, 0.717) is 6.10 Å². The minimum atomic E-state index is -1.32. The summed E-state index contributed by atoms with van der Waals surface area (Å²) in [4.78, 5) is 0. The van der Waals surface area contributed by atoms with Crippen LogP contribution in [0.3, 0.4) is 0 Å². The van der Waals surface area contributed by atoms with Crippen molar-refractivity contribution in [3.8, 4) is 0 Å². The van der Waals surface area contributed by atoms with Crippen LogP contribution in [0.25, 0.3) is 0 Å². The molecule has 1 aliphatic heterocycles. The summed E-state index contributed by atoms with van der Waals surface area (Å²) in [5.41, 5.74) is 0. The molecule has 1 saturated heterocycles. The molecule has 31 heavy (non-hydrogen) atoms. The van der Waals surface area contributed by atoms with Crippen LogP contribution in [-0.2, 0) is 4.74 Å². The molecule has 0 N–H and O–H groups in total. The monoisotopic (exact) mass is 438 g/mol. The van der Waals surface area contributed by atoms with E-state index in [1.165, 1.54) is 109 Å². The van der Waals surface area contributed by atoms with Crippen molar-refractivity contribution in [2.24, 2.45) is 0 Å². The second-order valence-corrected chi connectivity index (χ2v) is 17.5. The van der Waals surface area contributed by atoms with Gasteiger partial charge in [-0.15, -0.1) is 6.08 Å². The molecule has 0 aromatic heterocycles. The first-order valence-corrected chi connectivity index (χ1v) is 17.5. The van der Waals surface area contributed by atoms with Gasteiger partial charge in [-0.1, -0.05) is 90.3 Å². The first kappa shape index (κ1) is 27.8. The average Bonchev–Trinajstić information content (AvgIpc) is 2.77. The predicted molar refractivity (Wildman–Crippen MR) is 139 cm³/mol. The molecule has 174 valence electrons. The maximum atomic E-state index is 5.97.